The molecule has 0 saturated carbocycles. The van der Waals surface area contributed by atoms with E-state index in [0.717, 1.165) is 13.1 Å². The molecule has 1 heterocycles. The predicted molar refractivity (Wildman–Crippen MR) is 41.4 cm³/mol. The third-order valence-corrected chi connectivity index (χ3v) is 1.54. The van der Waals surface area contributed by atoms with Crippen LogP contribution in [0.4, 0.5) is 18.9 Å². The molecule has 0 aliphatic carbocycles. The van der Waals surface area contributed by atoms with Crippen LogP contribution in [0.2, 0.25) is 0 Å². The second-order valence-electron chi connectivity index (χ2n) is 2.64. The Labute approximate surface area is 81.2 Å². The number of aromatic amines is 1. The number of halogens is 3. The molecule has 84 valence electrons. The van der Waals surface area contributed by atoms with Gasteiger partial charge in [-0.1, -0.05) is 0 Å². The smallest absolute Gasteiger partial charge is 0.425 e. The SMILES string of the molecule is C[C@@H](Oc1[nH]ncc1[N+](=O)[O-])C(F)(F)F. The fourth-order valence-corrected chi connectivity index (χ4v) is 0.728. The predicted octanol–water partition coefficient (Wildman–Crippen LogP) is 1.65. The Bertz CT molecular complexity index is 362. The zero-order valence-corrected chi connectivity index (χ0v) is 7.41. The van der Waals surface area contributed by atoms with E-state index in [-0.39, 0.29) is 0 Å². The molecule has 6 nitrogen and oxygen atoms in total. The summed E-state index contributed by atoms with van der Waals surface area (Å²) in [7, 11) is 0. The van der Waals surface area contributed by atoms with Crippen LogP contribution in [0.15, 0.2) is 6.20 Å². The Hall–Kier alpha value is -1.80. The molecule has 15 heavy (non-hydrogen) atoms. The van der Waals surface area contributed by atoms with Crippen LogP contribution < -0.4 is 4.74 Å². The number of nitrogens with one attached hydrogen (secondary N) is 1. The zero-order valence-electron chi connectivity index (χ0n) is 7.41. The van der Waals surface area contributed by atoms with Crippen molar-refractivity contribution in [3.05, 3.63) is 16.3 Å². The lowest BCUT2D eigenvalue weighted by Crippen LogP contribution is -2.31. The minimum atomic E-state index is -4.58. The molecule has 0 aliphatic heterocycles. The van der Waals surface area contributed by atoms with Crippen molar-refractivity contribution in [2.45, 2.75) is 19.2 Å². The van der Waals surface area contributed by atoms with E-state index in [2.05, 4.69) is 9.84 Å². The van der Waals surface area contributed by atoms with E-state index in [1.54, 1.807) is 0 Å². The van der Waals surface area contributed by atoms with Crippen LogP contribution in [0.25, 0.3) is 0 Å². The minimum Gasteiger partial charge on any atom is -0.460 e. The third kappa shape index (κ3) is 2.58. The molecule has 0 aromatic carbocycles. The molecule has 0 aliphatic rings. The van der Waals surface area contributed by atoms with Gasteiger partial charge in [0, 0.05) is 0 Å². The van der Waals surface area contributed by atoms with Crippen LogP contribution in [-0.2, 0) is 0 Å². The highest BCUT2D eigenvalue weighted by Crippen LogP contribution is 2.28. The highest BCUT2D eigenvalue weighted by molar-refractivity contribution is 5.37. The first-order chi connectivity index (χ1) is 6.82. The molecule has 1 aromatic heterocycles. The summed E-state index contributed by atoms with van der Waals surface area (Å²) in [6, 6.07) is 0. The standard InChI is InChI=1S/C6H6F3N3O3/c1-3(6(7,8)9)15-5-4(12(13)14)2-10-11-5/h2-3H,1H3,(H,10,11)/t3-/m1/s1. The van der Waals surface area contributed by atoms with E-state index < -0.39 is 28.8 Å². The summed E-state index contributed by atoms with van der Waals surface area (Å²) in [5.74, 6) is -0.607. The molecule has 1 rings (SSSR count). The van der Waals surface area contributed by atoms with Gasteiger partial charge in [-0.2, -0.15) is 18.3 Å². The van der Waals surface area contributed by atoms with Crippen molar-refractivity contribution < 1.29 is 22.8 Å². The summed E-state index contributed by atoms with van der Waals surface area (Å²) in [5, 5.41) is 15.5. The van der Waals surface area contributed by atoms with Gasteiger partial charge in [-0.3, -0.25) is 10.1 Å². The van der Waals surface area contributed by atoms with Crippen LogP contribution in [-0.4, -0.2) is 27.4 Å². The van der Waals surface area contributed by atoms with Crippen molar-refractivity contribution in [2.75, 3.05) is 0 Å². The topological polar surface area (TPSA) is 81.0 Å². The molecular formula is C6H6F3N3O3. The summed E-state index contributed by atoms with van der Waals surface area (Å²) >= 11 is 0. The molecule has 0 amide bonds. The molecule has 0 unspecified atom stereocenters. The van der Waals surface area contributed by atoms with Gasteiger partial charge in [-0.15, -0.1) is 0 Å². The van der Waals surface area contributed by atoms with Crippen molar-refractivity contribution in [1.29, 1.82) is 0 Å². The fraction of sp³-hybridized carbons (Fsp3) is 0.500. The van der Waals surface area contributed by atoms with Crippen LogP contribution in [0.5, 0.6) is 5.88 Å². The van der Waals surface area contributed by atoms with E-state index in [1.807, 2.05) is 5.10 Å². The number of H-pyrrole nitrogens is 1. The number of hydrogen-bond acceptors (Lipinski definition) is 4. The van der Waals surface area contributed by atoms with Crippen LogP contribution >= 0.6 is 0 Å². The molecule has 0 bridgehead atoms. The molecule has 1 atom stereocenters. The molecule has 1 aromatic rings. The summed E-state index contributed by atoms with van der Waals surface area (Å²) in [6.45, 7) is 0.741. The first-order valence-corrected chi connectivity index (χ1v) is 3.73. The maximum Gasteiger partial charge on any atom is 0.425 e. The Balaban J connectivity index is 2.81. The average Bonchev–Trinajstić information content (AvgIpc) is 2.50. The van der Waals surface area contributed by atoms with Crippen molar-refractivity contribution in [3.63, 3.8) is 0 Å². The number of hydrogen-bond donors (Lipinski definition) is 1. The number of alkyl halides is 3. The molecule has 0 fully saturated rings. The fourth-order valence-electron chi connectivity index (χ4n) is 0.728. The number of nitrogens with zero attached hydrogens (tertiary/aromatic N) is 2. The van der Waals surface area contributed by atoms with E-state index in [4.69, 9.17) is 0 Å². The normalized spacial score (nSPS) is 13.6. The lowest BCUT2D eigenvalue weighted by Gasteiger charge is -2.15. The van der Waals surface area contributed by atoms with Gasteiger partial charge in [0.15, 0.2) is 6.10 Å². The number of ether oxygens (including phenoxy) is 1. The first-order valence-electron chi connectivity index (χ1n) is 3.73. The van der Waals surface area contributed by atoms with Crippen LogP contribution in [0.3, 0.4) is 0 Å². The largest absolute Gasteiger partial charge is 0.460 e. The van der Waals surface area contributed by atoms with Gasteiger partial charge in [-0.25, -0.2) is 5.10 Å². The van der Waals surface area contributed by atoms with Gasteiger partial charge >= 0.3 is 11.9 Å². The summed E-state index contributed by atoms with van der Waals surface area (Å²) in [5.41, 5.74) is -0.633. The third-order valence-electron chi connectivity index (χ3n) is 1.54. The monoisotopic (exact) mass is 225 g/mol. The highest BCUT2D eigenvalue weighted by atomic mass is 19.4. The van der Waals surface area contributed by atoms with Gasteiger partial charge in [0.1, 0.15) is 6.20 Å². The zero-order chi connectivity index (χ0) is 11.6. The highest BCUT2D eigenvalue weighted by Gasteiger charge is 2.39. The van der Waals surface area contributed by atoms with E-state index in [9.17, 15) is 23.3 Å². The van der Waals surface area contributed by atoms with E-state index in [1.165, 1.54) is 0 Å². The second-order valence-corrected chi connectivity index (χ2v) is 2.64. The Kier molecular flexibility index (Phi) is 2.82. The molecule has 1 N–H and O–H groups in total. The maximum atomic E-state index is 12.0. The molecular weight excluding hydrogens is 219 g/mol. The number of nitro groups is 1. The van der Waals surface area contributed by atoms with Crippen molar-refractivity contribution >= 4 is 5.69 Å². The summed E-state index contributed by atoms with van der Waals surface area (Å²) in [4.78, 5) is 9.41. The molecule has 0 radical (unpaired) electrons. The van der Waals surface area contributed by atoms with E-state index >= 15 is 0 Å². The van der Waals surface area contributed by atoms with Crippen LogP contribution in [0.1, 0.15) is 6.92 Å². The Morgan fingerprint density at radius 3 is 2.73 bits per heavy atom. The second kappa shape index (κ2) is 3.75. The van der Waals surface area contributed by atoms with Gasteiger partial charge in [0.25, 0.3) is 5.88 Å². The molecule has 0 spiro atoms. The first kappa shape index (κ1) is 11.3. The van der Waals surface area contributed by atoms with Crippen molar-refractivity contribution in [3.8, 4) is 5.88 Å². The van der Waals surface area contributed by atoms with Gasteiger partial charge in [-0.05, 0) is 6.92 Å². The Morgan fingerprint density at radius 1 is 1.67 bits per heavy atom. The Morgan fingerprint density at radius 2 is 2.27 bits per heavy atom. The summed E-state index contributed by atoms with van der Waals surface area (Å²) in [6.07, 6.45) is -5.95. The van der Waals surface area contributed by atoms with Crippen molar-refractivity contribution in [2.24, 2.45) is 0 Å². The quantitative estimate of drug-likeness (QED) is 0.626. The lowest BCUT2D eigenvalue weighted by atomic mass is 10.4. The van der Waals surface area contributed by atoms with Gasteiger partial charge in [0.2, 0.25) is 0 Å². The molecule has 0 saturated heterocycles. The molecule has 9 heteroatoms. The lowest BCUT2D eigenvalue weighted by molar-refractivity contribution is -0.386. The summed E-state index contributed by atoms with van der Waals surface area (Å²) < 4.78 is 40.5. The van der Waals surface area contributed by atoms with Gasteiger partial charge < -0.3 is 4.74 Å². The van der Waals surface area contributed by atoms with Crippen LogP contribution in [0, 0.1) is 10.1 Å². The number of aromatic nitrogens is 2. The number of rotatable bonds is 3. The van der Waals surface area contributed by atoms with E-state index in [0.29, 0.717) is 0 Å². The van der Waals surface area contributed by atoms with Gasteiger partial charge in [0.05, 0.1) is 4.92 Å². The van der Waals surface area contributed by atoms with Crippen molar-refractivity contribution in [1.82, 2.24) is 10.2 Å². The average molecular weight is 225 g/mol. The minimum absolute atomic E-state index is 0.607. The maximum absolute atomic E-state index is 12.0.